The van der Waals surface area contributed by atoms with E-state index in [1.54, 1.807) is 4.57 Å². The van der Waals surface area contributed by atoms with Crippen molar-refractivity contribution in [3.8, 4) is 0 Å². The van der Waals surface area contributed by atoms with Gasteiger partial charge in [0.05, 0.1) is 25.5 Å². The van der Waals surface area contributed by atoms with Gasteiger partial charge >= 0.3 is 5.69 Å². The third-order valence-electron chi connectivity index (χ3n) is 3.63. The number of aromatic nitrogens is 4. The smallest absolute Gasteiger partial charge is 0.327 e. The molecule has 0 unspecified atom stereocenters. The lowest BCUT2D eigenvalue weighted by molar-refractivity contribution is 0.152. The van der Waals surface area contributed by atoms with Gasteiger partial charge in [0.25, 0.3) is 0 Å². The van der Waals surface area contributed by atoms with Crippen LogP contribution in [0.5, 0.6) is 0 Å². The van der Waals surface area contributed by atoms with Gasteiger partial charge in [-0.15, -0.1) is 0 Å². The highest BCUT2D eigenvalue weighted by atomic mass is 35.5. The van der Waals surface area contributed by atoms with E-state index >= 15 is 0 Å². The number of halogens is 1. The molecule has 7 heteroatoms. The van der Waals surface area contributed by atoms with E-state index in [-0.39, 0.29) is 17.0 Å². The highest BCUT2D eigenvalue weighted by Crippen LogP contribution is 2.54. The average Bonchev–Trinajstić information content (AvgIpc) is 2.71. The van der Waals surface area contributed by atoms with Crippen LogP contribution in [-0.4, -0.2) is 32.7 Å². The fourth-order valence-electron chi connectivity index (χ4n) is 2.76. The number of ether oxygens (including phenoxy) is 1. The molecule has 17 heavy (non-hydrogen) atoms. The number of imidazole rings is 1. The molecule has 0 aromatic carbocycles. The van der Waals surface area contributed by atoms with Crippen LogP contribution in [0.4, 0.5) is 0 Å². The maximum Gasteiger partial charge on any atom is 0.327 e. The lowest BCUT2D eigenvalue weighted by Gasteiger charge is -2.05. The highest BCUT2D eigenvalue weighted by molar-refractivity contribution is 6.28. The number of rotatable bonds is 1. The molecule has 1 saturated carbocycles. The summed E-state index contributed by atoms with van der Waals surface area (Å²) < 4.78 is 7.02. The summed E-state index contributed by atoms with van der Waals surface area (Å²) in [5.41, 5.74) is 1.08. The molecule has 1 N–H and O–H groups in total. The molecule has 2 aliphatic rings. The number of aromatic amines is 1. The van der Waals surface area contributed by atoms with Crippen molar-refractivity contribution in [1.29, 1.82) is 0 Å². The Morgan fingerprint density at radius 2 is 2.24 bits per heavy atom. The van der Waals surface area contributed by atoms with Crippen LogP contribution in [0.3, 0.4) is 0 Å². The number of fused-ring (bicyclic) bond motifs is 2. The minimum Gasteiger partial charge on any atom is -0.381 e. The van der Waals surface area contributed by atoms with Crippen LogP contribution in [0, 0.1) is 11.8 Å². The molecule has 0 spiro atoms. The molecule has 2 aromatic heterocycles. The van der Waals surface area contributed by atoms with Gasteiger partial charge in [0.1, 0.15) is 5.52 Å². The zero-order chi connectivity index (χ0) is 11.6. The number of H-pyrrole nitrogens is 1. The molecule has 3 heterocycles. The summed E-state index contributed by atoms with van der Waals surface area (Å²) in [6.45, 7) is 1.46. The molecule has 0 bridgehead atoms. The topological polar surface area (TPSA) is 72.8 Å². The maximum absolute atomic E-state index is 11.9. The zero-order valence-electron chi connectivity index (χ0n) is 8.76. The number of nitrogens with zero attached hydrogens (tertiary/aromatic N) is 3. The van der Waals surface area contributed by atoms with Gasteiger partial charge in [-0.05, 0) is 11.6 Å². The van der Waals surface area contributed by atoms with Gasteiger partial charge in [0, 0.05) is 11.8 Å². The van der Waals surface area contributed by atoms with Crippen molar-refractivity contribution >= 4 is 22.8 Å². The van der Waals surface area contributed by atoms with E-state index in [0.29, 0.717) is 23.0 Å². The molecule has 2 fully saturated rings. The van der Waals surface area contributed by atoms with Crippen LogP contribution in [0.25, 0.3) is 11.2 Å². The Hall–Kier alpha value is -1.40. The molecule has 2 aromatic rings. The van der Waals surface area contributed by atoms with Crippen molar-refractivity contribution in [2.75, 3.05) is 13.2 Å². The van der Waals surface area contributed by atoms with Gasteiger partial charge in [-0.25, -0.2) is 9.78 Å². The summed E-state index contributed by atoms with van der Waals surface area (Å²) in [6.07, 6.45) is 1.54. The van der Waals surface area contributed by atoms with Gasteiger partial charge in [-0.1, -0.05) is 0 Å². The van der Waals surface area contributed by atoms with Crippen molar-refractivity contribution in [1.82, 2.24) is 19.5 Å². The Morgan fingerprint density at radius 3 is 3.00 bits per heavy atom. The van der Waals surface area contributed by atoms with Gasteiger partial charge in [-0.2, -0.15) is 4.98 Å². The summed E-state index contributed by atoms with van der Waals surface area (Å²) in [4.78, 5) is 22.7. The predicted molar refractivity (Wildman–Crippen MR) is 60.0 cm³/mol. The van der Waals surface area contributed by atoms with Crippen LogP contribution in [-0.2, 0) is 4.74 Å². The molecule has 4 rings (SSSR count). The Bertz CT molecular complexity index is 654. The fourth-order valence-corrected chi connectivity index (χ4v) is 2.89. The highest BCUT2D eigenvalue weighted by Gasteiger charge is 2.56. The summed E-state index contributed by atoms with van der Waals surface area (Å²) in [5, 5.41) is 0.160. The van der Waals surface area contributed by atoms with E-state index in [1.165, 1.54) is 6.20 Å². The molecule has 6 nitrogen and oxygen atoms in total. The summed E-state index contributed by atoms with van der Waals surface area (Å²) in [7, 11) is 0. The standard InChI is InChI=1S/C10H9ClN4O2/c11-9-12-1-6-8(14-9)15(10(16)13-6)7-4-2-17-3-5(4)7/h1,4-5,7H,2-3H2,(H,13,16)/t4-,5+,7-. The number of hydrogen-bond donors (Lipinski definition) is 1. The molecular formula is C10H9ClN4O2. The van der Waals surface area contributed by atoms with Crippen LogP contribution in [0.15, 0.2) is 11.0 Å². The first-order chi connectivity index (χ1) is 8.25. The third-order valence-corrected chi connectivity index (χ3v) is 3.82. The minimum absolute atomic E-state index is 0.143. The van der Waals surface area contributed by atoms with Crippen LogP contribution in [0.2, 0.25) is 5.28 Å². The van der Waals surface area contributed by atoms with Gasteiger partial charge < -0.3 is 9.72 Å². The quantitative estimate of drug-likeness (QED) is 0.754. The van der Waals surface area contributed by atoms with E-state index in [0.717, 1.165) is 13.2 Å². The second-order valence-corrected chi connectivity index (χ2v) is 4.87. The zero-order valence-corrected chi connectivity index (χ0v) is 9.52. The van der Waals surface area contributed by atoms with Crippen molar-refractivity contribution in [3.63, 3.8) is 0 Å². The first kappa shape index (κ1) is 9.61. The predicted octanol–water partition coefficient (Wildman–Crippen LogP) is 0.590. The Labute approximate surface area is 101 Å². The SMILES string of the molecule is O=c1[nH]c2cnc(Cl)nc2n1[C@@H]1[C@@H]2COC[C@@H]21. The molecule has 1 aliphatic heterocycles. The second kappa shape index (κ2) is 3.08. The van der Waals surface area contributed by atoms with Crippen molar-refractivity contribution in [3.05, 3.63) is 22.0 Å². The first-order valence-electron chi connectivity index (χ1n) is 5.46. The van der Waals surface area contributed by atoms with E-state index in [4.69, 9.17) is 16.3 Å². The lowest BCUT2D eigenvalue weighted by atomic mass is 10.4. The molecular weight excluding hydrogens is 244 g/mol. The van der Waals surface area contributed by atoms with Crippen LogP contribution < -0.4 is 5.69 Å². The molecule has 3 atom stereocenters. The third kappa shape index (κ3) is 1.22. The molecule has 0 radical (unpaired) electrons. The largest absolute Gasteiger partial charge is 0.381 e. The van der Waals surface area contributed by atoms with Crippen LogP contribution >= 0.6 is 11.6 Å². The Morgan fingerprint density at radius 1 is 1.47 bits per heavy atom. The number of hydrogen-bond acceptors (Lipinski definition) is 4. The van der Waals surface area contributed by atoms with E-state index in [9.17, 15) is 4.79 Å². The molecule has 1 aliphatic carbocycles. The summed E-state index contributed by atoms with van der Waals surface area (Å²) in [5.74, 6) is 0.890. The Kier molecular flexibility index (Phi) is 1.74. The lowest BCUT2D eigenvalue weighted by Crippen LogP contribution is -2.19. The second-order valence-electron chi connectivity index (χ2n) is 4.53. The minimum atomic E-state index is -0.143. The molecule has 1 saturated heterocycles. The monoisotopic (exact) mass is 252 g/mol. The van der Waals surface area contributed by atoms with Crippen molar-refractivity contribution in [2.24, 2.45) is 11.8 Å². The fraction of sp³-hybridized carbons (Fsp3) is 0.500. The average molecular weight is 253 g/mol. The van der Waals surface area contributed by atoms with E-state index in [2.05, 4.69) is 15.0 Å². The van der Waals surface area contributed by atoms with E-state index < -0.39 is 0 Å². The van der Waals surface area contributed by atoms with Crippen molar-refractivity contribution < 1.29 is 4.74 Å². The van der Waals surface area contributed by atoms with Gasteiger partial charge in [0.15, 0.2) is 5.65 Å². The Balaban J connectivity index is 1.92. The number of nitrogens with one attached hydrogen (secondary N) is 1. The normalized spacial score (nSPS) is 30.8. The van der Waals surface area contributed by atoms with Crippen molar-refractivity contribution in [2.45, 2.75) is 6.04 Å². The van der Waals surface area contributed by atoms with Gasteiger partial charge in [-0.3, -0.25) is 4.57 Å². The first-order valence-corrected chi connectivity index (χ1v) is 5.84. The summed E-state index contributed by atoms with van der Waals surface area (Å²) in [6, 6.07) is 0.205. The van der Waals surface area contributed by atoms with E-state index in [1.807, 2.05) is 0 Å². The maximum atomic E-state index is 11.9. The van der Waals surface area contributed by atoms with Gasteiger partial charge in [0.2, 0.25) is 5.28 Å². The molecule has 88 valence electrons. The molecule has 0 amide bonds. The van der Waals surface area contributed by atoms with Crippen LogP contribution in [0.1, 0.15) is 6.04 Å². The summed E-state index contributed by atoms with van der Waals surface area (Å²) >= 11 is 5.77.